The minimum absolute atomic E-state index is 0.0596. The lowest BCUT2D eigenvalue weighted by Gasteiger charge is -2.34. The lowest BCUT2D eigenvalue weighted by atomic mass is 9.83. The number of imidazole rings is 1. The molecule has 3 heterocycles. The molecule has 0 saturated heterocycles. The molecule has 3 aromatic rings. The molecule has 1 aromatic carbocycles. The van der Waals surface area contributed by atoms with Gasteiger partial charge in [0.05, 0.1) is 30.3 Å². The van der Waals surface area contributed by atoms with Gasteiger partial charge in [0.1, 0.15) is 17.4 Å². The van der Waals surface area contributed by atoms with E-state index in [4.69, 9.17) is 9.72 Å². The van der Waals surface area contributed by atoms with Crippen LogP contribution in [-0.4, -0.2) is 44.5 Å². The lowest BCUT2D eigenvalue weighted by molar-refractivity contribution is -0.122. The molecule has 0 unspecified atom stereocenters. The van der Waals surface area contributed by atoms with Crippen LogP contribution in [0.15, 0.2) is 24.4 Å². The molecule has 5 rings (SSSR count). The monoisotopic (exact) mass is 475 g/mol. The Labute approximate surface area is 205 Å². The lowest BCUT2D eigenvalue weighted by Crippen LogP contribution is -2.42. The zero-order chi connectivity index (χ0) is 24.7. The van der Waals surface area contributed by atoms with E-state index in [9.17, 15) is 9.59 Å². The summed E-state index contributed by atoms with van der Waals surface area (Å²) >= 11 is 0. The predicted octanol–water partition coefficient (Wildman–Crippen LogP) is 4.95. The van der Waals surface area contributed by atoms with Gasteiger partial charge in [-0.3, -0.25) is 9.69 Å². The SMILES string of the molecule is COC(=O)N1c2ccc3c(nc(Cc4nccc(C)n4)n3[C@@H]3CCC[C@@H](C(C)=O)C3)c2CC[C@@H]1C. The Morgan fingerprint density at radius 1 is 1.14 bits per heavy atom. The van der Waals surface area contributed by atoms with Gasteiger partial charge in [-0.2, -0.15) is 0 Å². The van der Waals surface area contributed by atoms with Crippen molar-refractivity contribution in [3.8, 4) is 0 Å². The maximum atomic E-state index is 12.6. The van der Waals surface area contributed by atoms with Gasteiger partial charge in [0.2, 0.25) is 0 Å². The second-order valence-electron chi connectivity index (χ2n) is 9.98. The fourth-order valence-corrected chi connectivity index (χ4v) is 5.85. The Morgan fingerprint density at radius 2 is 1.97 bits per heavy atom. The first-order chi connectivity index (χ1) is 16.9. The van der Waals surface area contributed by atoms with Gasteiger partial charge in [-0.1, -0.05) is 6.42 Å². The molecule has 0 bridgehead atoms. The average Bonchev–Trinajstić information content (AvgIpc) is 3.21. The Balaban J connectivity index is 1.66. The number of ether oxygens (including phenoxy) is 1. The summed E-state index contributed by atoms with van der Waals surface area (Å²) in [6.07, 6.45) is 7.47. The number of hydrogen-bond donors (Lipinski definition) is 0. The van der Waals surface area contributed by atoms with Crippen LogP contribution in [0.25, 0.3) is 11.0 Å². The number of methoxy groups -OCH3 is 1. The first kappa shape index (κ1) is 23.5. The number of aryl methyl sites for hydroxylation is 2. The third-order valence-corrected chi connectivity index (χ3v) is 7.65. The molecule has 2 aromatic heterocycles. The topological polar surface area (TPSA) is 90.2 Å². The number of anilines is 1. The Kier molecular flexibility index (Phi) is 6.30. The summed E-state index contributed by atoms with van der Waals surface area (Å²) in [6.45, 7) is 5.72. The maximum Gasteiger partial charge on any atom is 0.414 e. The molecule has 1 saturated carbocycles. The second kappa shape index (κ2) is 9.40. The van der Waals surface area contributed by atoms with E-state index in [0.717, 1.165) is 78.2 Å². The standard InChI is InChI=1S/C27H33N5O3/c1-16-12-13-28-24(29-16)15-25-30-26-21-9-8-17(2)31(27(34)35-4)22(21)10-11-23(26)32(25)20-7-5-6-19(14-20)18(3)33/h10-13,17,19-20H,5-9,14-15H2,1-4H3/t17-,19+,20+/m0/s1. The van der Waals surface area contributed by atoms with E-state index < -0.39 is 0 Å². The highest BCUT2D eigenvalue weighted by Crippen LogP contribution is 2.40. The summed E-state index contributed by atoms with van der Waals surface area (Å²) in [7, 11) is 1.42. The first-order valence-electron chi connectivity index (χ1n) is 12.6. The zero-order valence-electron chi connectivity index (χ0n) is 21.0. The molecule has 1 aliphatic heterocycles. The smallest absolute Gasteiger partial charge is 0.414 e. The molecule has 1 aliphatic carbocycles. The van der Waals surface area contributed by atoms with E-state index in [0.29, 0.717) is 6.42 Å². The molecular formula is C27H33N5O3. The second-order valence-corrected chi connectivity index (χ2v) is 9.98. The van der Waals surface area contributed by atoms with Crippen LogP contribution >= 0.6 is 0 Å². The number of hydrogen-bond acceptors (Lipinski definition) is 6. The molecule has 8 heteroatoms. The van der Waals surface area contributed by atoms with E-state index in [-0.39, 0.29) is 29.9 Å². The van der Waals surface area contributed by atoms with Crippen LogP contribution in [0.2, 0.25) is 0 Å². The molecular weight excluding hydrogens is 442 g/mol. The van der Waals surface area contributed by atoms with Gasteiger partial charge in [0.15, 0.2) is 0 Å². The van der Waals surface area contributed by atoms with E-state index in [1.54, 1.807) is 18.0 Å². The zero-order valence-corrected chi connectivity index (χ0v) is 21.0. The summed E-state index contributed by atoms with van der Waals surface area (Å²) in [4.78, 5) is 40.9. The van der Waals surface area contributed by atoms with Crippen LogP contribution in [0.4, 0.5) is 10.5 Å². The van der Waals surface area contributed by atoms with Crippen LogP contribution in [0.3, 0.4) is 0 Å². The number of aromatic nitrogens is 4. The third-order valence-electron chi connectivity index (χ3n) is 7.65. The average molecular weight is 476 g/mol. The van der Waals surface area contributed by atoms with Crippen molar-refractivity contribution in [3.05, 3.63) is 47.3 Å². The fraction of sp³-hybridized carbons (Fsp3) is 0.519. The molecule has 2 aliphatic rings. The highest BCUT2D eigenvalue weighted by atomic mass is 16.5. The number of nitrogens with zero attached hydrogens (tertiary/aromatic N) is 5. The minimum Gasteiger partial charge on any atom is -0.452 e. The normalized spacial score (nSPS) is 22.2. The van der Waals surface area contributed by atoms with Crippen LogP contribution < -0.4 is 4.90 Å². The van der Waals surface area contributed by atoms with Crippen molar-refractivity contribution in [2.45, 2.75) is 77.8 Å². The van der Waals surface area contributed by atoms with Gasteiger partial charge in [-0.05, 0) is 71.1 Å². The number of ketones is 1. The molecule has 184 valence electrons. The Hall–Kier alpha value is -3.29. The number of carbonyl (C=O) groups excluding carboxylic acids is 2. The van der Waals surface area contributed by atoms with Crippen LogP contribution in [0, 0.1) is 12.8 Å². The number of carbonyl (C=O) groups is 2. The quantitative estimate of drug-likeness (QED) is 0.530. The molecule has 1 fully saturated rings. The fourth-order valence-electron chi connectivity index (χ4n) is 5.85. The number of fused-ring (bicyclic) bond motifs is 3. The summed E-state index contributed by atoms with van der Waals surface area (Å²) in [5.41, 5.74) is 4.86. The minimum atomic E-state index is -0.345. The number of rotatable bonds is 4. The van der Waals surface area contributed by atoms with Crippen molar-refractivity contribution in [2.75, 3.05) is 12.0 Å². The van der Waals surface area contributed by atoms with Crippen molar-refractivity contribution in [3.63, 3.8) is 0 Å². The maximum absolute atomic E-state index is 12.6. The van der Waals surface area contributed by atoms with Crippen LogP contribution in [0.5, 0.6) is 0 Å². The van der Waals surface area contributed by atoms with Crippen molar-refractivity contribution in [2.24, 2.45) is 5.92 Å². The van der Waals surface area contributed by atoms with Gasteiger partial charge < -0.3 is 9.30 Å². The number of benzene rings is 1. The summed E-state index contributed by atoms with van der Waals surface area (Å²) in [5, 5.41) is 0. The van der Waals surface area contributed by atoms with Gasteiger partial charge in [0, 0.05) is 35.5 Å². The van der Waals surface area contributed by atoms with Gasteiger partial charge in [0.25, 0.3) is 0 Å². The van der Waals surface area contributed by atoms with Crippen molar-refractivity contribution < 1.29 is 14.3 Å². The van der Waals surface area contributed by atoms with Gasteiger partial charge in [-0.25, -0.2) is 19.7 Å². The van der Waals surface area contributed by atoms with Crippen molar-refractivity contribution >= 4 is 28.6 Å². The number of Topliss-reactive ketones (excluding diaryl/α,β-unsaturated/α-hetero) is 1. The summed E-state index contributed by atoms with van der Waals surface area (Å²) < 4.78 is 7.42. The van der Waals surface area contributed by atoms with Crippen molar-refractivity contribution in [1.29, 1.82) is 0 Å². The molecule has 0 radical (unpaired) electrons. The predicted molar refractivity (Wildman–Crippen MR) is 134 cm³/mol. The molecule has 3 atom stereocenters. The van der Waals surface area contributed by atoms with E-state index in [2.05, 4.69) is 20.6 Å². The Morgan fingerprint density at radius 3 is 2.71 bits per heavy atom. The Bertz CT molecular complexity index is 1280. The van der Waals surface area contributed by atoms with Crippen LogP contribution in [-0.2, 0) is 22.4 Å². The van der Waals surface area contributed by atoms with E-state index in [1.807, 2.05) is 26.0 Å². The molecule has 0 spiro atoms. The molecule has 8 nitrogen and oxygen atoms in total. The van der Waals surface area contributed by atoms with E-state index >= 15 is 0 Å². The van der Waals surface area contributed by atoms with Crippen molar-refractivity contribution in [1.82, 2.24) is 19.5 Å². The highest BCUT2D eigenvalue weighted by molar-refractivity contribution is 5.95. The van der Waals surface area contributed by atoms with Gasteiger partial charge in [-0.15, -0.1) is 0 Å². The first-order valence-corrected chi connectivity index (χ1v) is 12.6. The third kappa shape index (κ3) is 4.30. The van der Waals surface area contributed by atoms with Crippen LogP contribution in [0.1, 0.15) is 74.9 Å². The molecule has 35 heavy (non-hydrogen) atoms. The molecule has 1 amide bonds. The summed E-state index contributed by atoms with van der Waals surface area (Å²) in [6, 6.07) is 6.25. The largest absolute Gasteiger partial charge is 0.452 e. The highest BCUT2D eigenvalue weighted by Gasteiger charge is 2.33. The molecule has 0 N–H and O–H groups in total. The van der Waals surface area contributed by atoms with E-state index in [1.165, 1.54) is 7.11 Å². The number of amides is 1. The summed E-state index contributed by atoms with van der Waals surface area (Å²) in [5.74, 6) is 2.00. The van der Waals surface area contributed by atoms with Gasteiger partial charge >= 0.3 is 6.09 Å².